The van der Waals surface area contributed by atoms with Gasteiger partial charge in [-0.2, -0.15) is 5.10 Å². The highest BCUT2D eigenvalue weighted by Crippen LogP contribution is 2.64. The van der Waals surface area contributed by atoms with Crippen molar-refractivity contribution in [3.8, 4) is 0 Å². The number of esters is 1. The number of ether oxygens (including phenoxy) is 1. The number of rotatable bonds is 1. The summed E-state index contributed by atoms with van der Waals surface area (Å²) in [6, 6.07) is 0. The molecule has 6 atom stereocenters. The molecule has 162 valence electrons. The number of allylic oxidation sites excluding steroid dienone is 1. The Morgan fingerprint density at radius 3 is 2.53 bits per heavy atom. The predicted molar refractivity (Wildman–Crippen MR) is 114 cm³/mol. The normalized spacial score (nSPS) is 39.3. The number of fused-ring (bicyclic) bond motifs is 7. The Kier molecular flexibility index (Phi) is 4.37. The third kappa shape index (κ3) is 2.63. The number of carbonyl (C=O) groups is 2. The molecular weight excluding hydrogens is 376 g/mol. The van der Waals surface area contributed by atoms with E-state index in [1.807, 2.05) is 0 Å². The third-order valence-corrected chi connectivity index (χ3v) is 9.22. The largest absolute Gasteiger partial charge is 0.462 e. The molecule has 0 N–H and O–H groups in total. The summed E-state index contributed by atoms with van der Waals surface area (Å²) in [4.78, 5) is 23.7. The van der Waals surface area contributed by atoms with Gasteiger partial charge in [0.2, 0.25) is 5.91 Å². The molecule has 1 heterocycles. The van der Waals surface area contributed by atoms with Crippen LogP contribution in [0.4, 0.5) is 0 Å². The molecular formula is C25H34N2O3. The van der Waals surface area contributed by atoms with Crippen molar-refractivity contribution in [3.05, 3.63) is 28.6 Å². The zero-order valence-electron chi connectivity index (χ0n) is 19.0. The Bertz CT molecular complexity index is 960. The number of hydrogen-bond acceptors (Lipinski definition) is 4. The van der Waals surface area contributed by atoms with Crippen LogP contribution in [0.1, 0.15) is 88.0 Å². The van der Waals surface area contributed by atoms with Crippen LogP contribution >= 0.6 is 0 Å². The molecule has 1 aromatic heterocycles. The number of carbonyl (C=O) groups excluding carboxylic acids is 2. The summed E-state index contributed by atoms with van der Waals surface area (Å²) < 4.78 is 7.25. The molecule has 2 saturated carbocycles. The van der Waals surface area contributed by atoms with Crippen molar-refractivity contribution in [2.24, 2.45) is 23.2 Å². The van der Waals surface area contributed by atoms with Gasteiger partial charge in [0, 0.05) is 25.8 Å². The molecule has 5 nitrogen and oxygen atoms in total. The lowest BCUT2D eigenvalue weighted by Gasteiger charge is -2.57. The van der Waals surface area contributed by atoms with Gasteiger partial charge < -0.3 is 4.74 Å². The lowest BCUT2D eigenvalue weighted by Crippen LogP contribution is -2.51. The Morgan fingerprint density at radius 1 is 1.10 bits per heavy atom. The smallest absolute Gasteiger partial charge is 0.302 e. The summed E-state index contributed by atoms with van der Waals surface area (Å²) in [5.74, 6) is 1.77. The van der Waals surface area contributed by atoms with E-state index in [-0.39, 0.29) is 28.8 Å². The van der Waals surface area contributed by atoms with Crippen LogP contribution in [-0.2, 0) is 21.4 Å². The maximum Gasteiger partial charge on any atom is 0.302 e. The molecule has 4 aliphatic rings. The minimum Gasteiger partial charge on any atom is -0.462 e. The van der Waals surface area contributed by atoms with E-state index in [2.05, 4.69) is 31.9 Å². The molecule has 2 fully saturated rings. The van der Waals surface area contributed by atoms with Crippen molar-refractivity contribution in [1.29, 1.82) is 0 Å². The van der Waals surface area contributed by atoms with Crippen molar-refractivity contribution in [2.45, 2.75) is 91.1 Å². The van der Waals surface area contributed by atoms with Crippen LogP contribution in [0.25, 0.3) is 0 Å². The first kappa shape index (κ1) is 20.0. The summed E-state index contributed by atoms with van der Waals surface area (Å²) in [5, 5.41) is 4.60. The lowest BCUT2D eigenvalue weighted by atomic mass is 9.47. The van der Waals surface area contributed by atoms with Gasteiger partial charge >= 0.3 is 5.97 Å². The van der Waals surface area contributed by atoms with Crippen LogP contribution in [0, 0.1) is 30.1 Å². The third-order valence-electron chi connectivity index (χ3n) is 9.22. The summed E-state index contributed by atoms with van der Waals surface area (Å²) >= 11 is 0. The highest BCUT2D eigenvalue weighted by Gasteiger charge is 2.59. The van der Waals surface area contributed by atoms with Gasteiger partial charge in [-0.25, -0.2) is 4.68 Å². The molecule has 0 amide bonds. The zero-order chi connectivity index (χ0) is 21.4. The van der Waals surface area contributed by atoms with Crippen LogP contribution in [0.15, 0.2) is 11.6 Å². The van der Waals surface area contributed by atoms with Crippen LogP contribution in [0.3, 0.4) is 0 Å². The van der Waals surface area contributed by atoms with E-state index in [0.29, 0.717) is 17.8 Å². The molecule has 5 rings (SSSR count). The van der Waals surface area contributed by atoms with Gasteiger partial charge in [0.1, 0.15) is 6.10 Å². The van der Waals surface area contributed by atoms with E-state index in [4.69, 9.17) is 4.74 Å². The average molecular weight is 411 g/mol. The molecule has 5 heteroatoms. The monoisotopic (exact) mass is 410 g/mol. The number of aromatic nitrogens is 2. The topological polar surface area (TPSA) is 61.2 Å². The van der Waals surface area contributed by atoms with Gasteiger partial charge in [-0.05, 0) is 74.0 Å². The maximum atomic E-state index is 12.2. The van der Waals surface area contributed by atoms with E-state index in [0.717, 1.165) is 37.8 Å². The van der Waals surface area contributed by atoms with Gasteiger partial charge in [-0.3, -0.25) is 9.59 Å². The van der Waals surface area contributed by atoms with Crippen LogP contribution < -0.4 is 0 Å². The number of nitrogens with zero attached hydrogens (tertiary/aromatic N) is 2. The second-order valence-corrected chi connectivity index (χ2v) is 10.7. The molecule has 0 aliphatic heterocycles. The second-order valence-electron chi connectivity index (χ2n) is 10.7. The molecule has 0 aromatic carbocycles. The first-order valence-corrected chi connectivity index (χ1v) is 11.6. The minimum absolute atomic E-state index is 0.0275. The highest BCUT2D eigenvalue weighted by molar-refractivity contribution is 5.77. The van der Waals surface area contributed by atoms with Crippen molar-refractivity contribution >= 4 is 11.9 Å². The van der Waals surface area contributed by atoms with Gasteiger partial charge in [0.15, 0.2) is 0 Å². The SMILES string of the molecule is CC(=O)OC1CCC2(C)C(=CCC3C2CCC2(C)c4c(C)nn(C(C)=O)c4CC32)C1. The fourth-order valence-electron chi connectivity index (χ4n) is 7.95. The van der Waals surface area contributed by atoms with Gasteiger partial charge in [0.05, 0.1) is 11.4 Å². The lowest BCUT2D eigenvalue weighted by molar-refractivity contribution is -0.148. The van der Waals surface area contributed by atoms with Gasteiger partial charge in [-0.15, -0.1) is 0 Å². The Morgan fingerprint density at radius 2 is 1.83 bits per heavy atom. The fraction of sp³-hybridized carbons (Fsp3) is 0.720. The Hall–Kier alpha value is -1.91. The molecule has 0 bridgehead atoms. The molecule has 1 aromatic rings. The average Bonchev–Trinajstić information content (AvgIpc) is 3.16. The number of aryl methyl sites for hydroxylation is 1. The van der Waals surface area contributed by atoms with Gasteiger partial charge in [0.25, 0.3) is 0 Å². The first-order chi connectivity index (χ1) is 14.1. The van der Waals surface area contributed by atoms with Gasteiger partial charge in [-0.1, -0.05) is 25.5 Å². The Labute approximate surface area is 179 Å². The summed E-state index contributed by atoms with van der Waals surface area (Å²) in [6.07, 6.45) is 10.00. The number of hydrogen-bond donors (Lipinski definition) is 0. The van der Waals surface area contributed by atoms with E-state index >= 15 is 0 Å². The minimum atomic E-state index is -0.162. The predicted octanol–water partition coefficient (Wildman–Crippen LogP) is 4.76. The van der Waals surface area contributed by atoms with Crippen molar-refractivity contribution in [1.82, 2.24) is 9.78 Å². The quantitative estimate of drug-likeness (QED) is 0.495. The molecule has 6 unspecified atom stereocenters. The van der Waals surface area contributed by atoms with Crippen molar-refractivity contribution in [3.63, 3.8) is 0 Å². The Balaban J connectivity index is 1.47. The highest BCUT2D eigenvalue weighted by atomic mass is 16.5. The van der Waals surface area contributed by atoms with E-state index in [9.17, 15) is 9.59 Å². The van der Waals surface area contributed by atoms with Crippen molar-refractivity contribution < 1.29 is 14.3 Å². The molecule has 0 saturated heterocycles. The maximum absolute atomic E-state index is 12.2. The molecule has 0 spiro atoms. The summed E-state index contributed by atoms with van der Waals surface area (Å²) in [6.45, 7) is 10.1. The second kappa shape index (κ2) is 6.54. The van der Waals surface area contributed by atoms with E-state index < -0.39 is 0 Å². The standard InChI is InChI=1S/C25H34N2O3/c1-14-23-22(27(26-14)15(2)28)13-21-19-7-6-17-12-18(30-16(3)29)8-10-24(17,4)20(19)9-11-25(21,23)5/h6,18-21H,7-13H2,1-5H3. The zero-order valence-corrected chi connectivity index (χ0v) is 19.0. The fourth-order valence-corrected chi connectivity index (χ4v) is 7.95. The van der Waals surface area contributed by atoms with Crippen LogP contribution in [0.2, 0.25) is 0 Å². The molecule has 30 heavy (non-hydrogen) atoms. The molecule has 4 aliphatic carbocycles. The summed E-state index contributed by atoms with van der Waals surface area (Å²) in [5.41, 5.74) is 5.45. The van der Waals surface area contributed by atoms with E-state index in [1.165, 1.54) is 36.6 Å². The summed E-state index contributed by atoms with van der Waals surface area (Å²) in [7, 11) is 0. The first-order valence-electron chi connectivity index (χ1n) is 11.6. The molecule has 0 radical (unpaired) electrons. The van der Waals surface area contributed by atoms with Crippen molar-refractivity contribution in [2.75, 3.05) is 0 Å². The van der Waals surface area contributed by atoms with Crippen LogP contribution in [0.5, 0.6) is 0 Å². The van der Waals surface area contributed by atoms with E-state index in [1.54, 1.807) is 11.6 Å². The van der Waals surface area contributed by atoms with Crippen LogP contribution in [-0.4, -0.2) is 27.8 Å².